The van der Waals surface area contributed by atoms with Gasteiger partial charge in [0.1, 0.15) is 0 Å². The Morgan fingerprint density at radius 2 is 2.00 bits per heavy atom. The normalized spacial score (nSPS) is 16.2. The standard InChI is InChI=1S/C17H24N4O3S/c1-14(2)13-25(22,23)19-17-18-15-5-3-4-6-16(15)21(17)8-7-20-9-11-24-12-10-20/h3-6H,1,7-13H2,2H3,(H,18,19). The van der Waals surface area contributed by atoms with Gasteiger partial charge in [0.2, 0.25) is 16.0 Å². The molecule has 1 aliphatic rings. The summed E-state index contributed by atoms with van der Waals surface area (Å²) in [6.07, 6.45) is 0. The third-order valence-electron chi connectivity index (χ3n) is 4.08. The third kappa shape index (κ3) is 4.59. The summed E-state index contributed by atoms with van der Waals surface area (Å²) in [5.74, 6) is 0.246. The maximum absolute atomic E-state index is 12.3. The summed E-state index contributed by atoms with van der Waals surface area (Å²) in [5.41, 5.74) is 2.28. The monoisotopic (exact) mass is 364 g/mol. The van der Waals surface area contributed by atoms with Crippen LogP contribution in [0.4, 0.5) is 5.95 Å². The van der Waals surface area contributed by atoms with Crippen LogP contribution in [0.1, 0.15) is 6.92 Å². The third-order valence-corrected chi connectivity index (χ3v) is 5.45. The molecule has 8 heteroatoms. The first-order chi connectivity index (χ1) is 11.9. The molecule has 1 aromatic heterocycles. The van der Waals surface area contributed by atoms with Gasteiger partial charge in [0.25, 0.3) is 0 Å². The highest BCUT2D eigenvalue weighted by molar-refractivity contribution is 7.92. The van der Waals surface area contributed by atoms with Gasteiger partial charge in [-0.05, 0) is 19.1 Å². The zero-order chi connectivity index (χ0) is 17.9. The highest BCUT2D eigenvalue weighted by Gasteiger charge is 2.18. The Bertz CT molecular complexity index is 854. The molecule has 3 rings (SSSR count). The molecule has 1 saturated heterocycles. The summed E-state index contributed by atoms with van der Waals surface area (Å²) in [5, 5.41) is 0. The van der Waals surface area contributed by atoms with E-state index >= 15 is 0 Å². The highest BCUT2D eigenvalue weighted by atomic mass is 32.2. The van der Waals surface area contributed by atoms with Crippen LogP contribution in [0.5, 0.6) is 0 Å². The molecule has 0 aliphatic carbocycles. The van der Waals surface area contributed by atoms with Crippen LogP contribution in [0.25, 0.3) is 11.0 Å². The van der Waals surface area contributed by atoms with Gasteiger partial charge in [-0.1, -0.05) is 24.3 Å². The summed E-state index contributed by atoms with van der Waals surface area (Å²) in [7, 11) is -3.51. The lowest BCUT2D eigenvalue weighted by Gasteiger charge is -2.27. The van der Waals surface area contributed by atoms with E-state index in [0.717, 1.165) is 43.9 Å². The minimum Gasteiger partial charge on any atom is -0.379 e. The van der Waals surface area contributed by atoms with Crippen molar-refractivity contribution >= 4 is 27.0 Å². The molecule has 2 heterocycles. The van der Waals surface area contributed by atoms with Crippen LogP contribution < -0.4 is 4.72 Å². The van der Waals surface area contributed by atoms with Crippen molar-refractivity contribution < 1.29 is 13.2 Å². The molecular weight excluding hydrogens is 340 g/mol. The summed E-state index contributed by atoms with van der Waals surface area (Å²) < 4.78 is 34.5. The fraction of sp³-hybridized carbons (Fsp3) is 0.471. The maximum atomic E-state index is 12.3. The fourth-order valence-electron chi connectivity index (χ4n) is 2.95. The van der Waals surface area contributed by atoms with E-state index in [2.05, 4.69) is 21.2 Å². The second-order valence-electron chi connectivity index (χ2n) is 6.35. The van der Waals surface area contributed by atoms with Gasteiger partial charge in [0.05, 0.1) is 30.0 Å². The Kier molecular flexibility index (Phi) is 5.41. The Morgan fingerprint density at radius 3 is 2.72 bits per heavy atom. The Hall–Kier alpha value is -1.90. The van der Waals surface area contributed by atoms with E-state index in [1.807, 2.05) is 28.8 Å². The minimum atomic E-state index is -3.51. The van der Waals surface area contributed by atoms with E-state index in [4.69, 9.17) is 4.74 Å². The number of nitrogens with zero attached hydrogens (tertiary/aromatic N) is 3. The Morgan fingerprint density at radius 1 is 1.28 bits per heavy atom. The molecule has 0 amide bonds. The molecule has 136 valence electrons. The van der Waals surface area contributed by atoms with Crippen LogP contribution in [-0.4, -0.2) is 61.5 Å². The number of para-hydroxylation sites is 2. The second-order valence-corrected chi connectivity index (χ2v) is 8.07. The quantitative estimate of drug-likeness (QED) is 0.757. The number of benzene rings is 1. The zero-order valence-corrected chi connectivity index (χ0v) is 15.3. The molecule has 0 atom stereocenters. The number of aromatic nitrogens is 2. The zero-order valence-electron chi connectivity index (χ0n) is 14.4. The van der Waals surface area contributed by atoms with Crippen molar-refractivity contribution in [2.24, 2.45) is 0 Å². The predicted octanol–water partition coefficient (Wildman–Crippen LogP) is 1.69. The lowest BCUT2D eigenvalue weighted by atomic mass is 10.3. The number of fused-ring (bicyclic) bond motifs is 1. The maximum Gasteiger partial charge on any atom is 0.238 e. The molecule has 1 aliphatic heterocycles. The second kappa shape index (κ2) is 7.55. The number of morpholine rings is 1. The van der Waals surface area contributed by atoms with Crippen molar-refractivity contribution in [2.75, 3.05) is 43.3 Å². The number of nitrogens with one attached hydrogen (secondary N) is 1. The predicted molar refractivity (Wildman–Crippen MR) is 99.2 cm³/mol. The SMILES string of the molecule is C=C(C)CS(=O)(=O)Nc1nc2ccccc2n1CCN1CCOCC1. The van der Waals surface area contributed by atoms with Gasteiger partial charge < -0.3 is 9.30 Å². The van der Waals surface area contributed by atoms with Gasteiger partial charge in [-0.25, -0.2) is 13.4 Å². The van der Waals surface area contributed by atoms with Gasteiger partial charge in [-0.3, -0.25) is 9.62 Å². The van der Waals surface area contributed by atoms with Crippen molar-refractivity contribution in [1.29, 1.82) is 0 Å². The van der Waals surface area contributed by atoms with Crippen molar-refractivity contribution in [3.8, 4) is 0 Å². The van der Waals surface area contributed by atoms with Crippen molar-refractivity contribution in [3.63, 3.8) is 0 Å². The van der Waals surface area contributed by atoms with Crippen LogP contribution in [0, 0.1) is 0 Å². The molecule has 0 bridgehead atoms. The van der Waals surface area contributed by atoms with Crippen LogP contribution >= 0.6 is 0 Å². The van der Waals surface area contributed by atoms with Crippen molar-refractivity contribution in [1.82, 2.24) is 14.5 Å². The molecular formula is C17H24N4O3S. The summed E-state index contributed by atoms with van der Waals surface area (Å²) in [4.78, 5) is 6.78. The van der Waals surface area contributed by atoms with Crippen molar-refractivity contribution in [2.45, 2.75) is 13.5 Å². The molecule has 7 nitrogen and oxygen atoms in total. The van der Waals surface area contributed by atoms with Gasteiger partial charge in [-0.2, -0.15) is 0 Å². The first-order valence-electron chi connectivity index (χ1n) is 8.35. The number of hydrogen-bond donors (Lipinski definition) is 1. The van der Waals surface area contributed by atoms with Gasteiger partial charge in [0.15, 0.2) is 0 Å². The van der Waals surface area contributed by atoms with Crippen molar-refractivity contribution in [3.05, 3.63) is 36.4 Å². The molecule has 1 N–H and O–H groups in total. The van der Waals surface area contributed by atoms with E-state index in [-0.39, 0.29) is 5.75 Å². The van der Waals surface area contributed by atoms with Crippen LogP contribution in [0.3, 0.4) is 0 Å². The number of imidazole rings is 1. The van der Waals surface area contributed by atoms with E-state index in [1.54, 1.807) is 6.92 Å². The molecule has 1 aromatic carbocycles. The number of ether oxygens (including phenoxy) is 1. The number of anilines is 1. The average Bonchev–Trinajstić information content (AvgIpc) is 2.89. The van der Waals surface area contributed by atoms with E-state index in [9.17, 15) is 8.42 Å². The molecule has 25 heavy (non-hydrogen) atoms. The lowest BCUT2D eigenvalue weighted by molar-refractivity contribution is 0.0366. The molecule has 0 spiro atoms. The van der Waals surface area contributed by atoms with Gasteiger partial charge >= 0.3 is 0 Å². The van der Waals surface area contributed by atoms with Crippen LogP contribution in [-0.2, 0) is 21.3 Å². The summed E-state index contributed by atoms with van der Waals surface area (Å²) in [6.45, 7) is 10.1. The highest BCUT2D eigenvalue weighted by Crippen LogP contribution is 2.21. The molecule has 0 saturated carbocycles. The first-order valence-corrected chi connectivity index (χ1v) is 10.00. The summed E-state index contributed by atoms with van der Waals surface area (Å²) >= 11 is 0. The largest absolute Gasteiger partial charge is 0.379 e. The number of hydrogen-bond acceptors (Lipinski definition) is 5. The van der Waals surface area contributed by atoms with Crippen LogP contribution in [0.15, 0.2) is 36.4 Å². The van der Waals surface area contributed by atoms with Gasteiger partial charge in [0, 0.05) is 26.2 Å². The molecule has 1 fully saturated rings. The van der Waals surface area contributed by atoms with Crippen LogP contribution in [0.2, 0.25) is 0 Å². The minimum absolute atomic E-state index is 0.111. The summed E-state index contributed by atoms with van der Waals surface area (Å²) in [6, 6.07) is 7.67. The van der Waals surface area contributed by atoms with E-state index in [1.165, 1.54) is 0 Å². The lowest BCUT2D eigenvalue weighted by Crippen LogP contribution is -2.38. The number of sulfonamides is 1. The average molecular weight is 364 g/mol. The molecule has 2 aromatic rings. The topological polar surface area (TPSA) is 76.5 Å². The van der Waals surface area contributed by atoms with E-state index < -0.39 is 10.0 Å². The first kappa shape index (κ1) is 17.9. The number of rotatable bonds is 7. The van der Waals surface area contributed by atoms with Gasteiger partial charge in [-0.15, -0.1) is 0 Å². The smallest absolute Gasteiger partial charge is 0.238 e. The fourth-order valence-corrected chi connectivity index (χ4v) is 4.10. The van der Waals surface area contributed by atoms with E-state index in [0.29, 0.717) is 18.1 Å². The molecule has 0 unspecified atom stereocenters. The molecule has 0 radical (unpaired) electrons. The Balaban J connectivity index is 1.85. The Labute approximate surface area is 148 Å².